The third-order valence-corrected chi connectivity index (χ3v) is 6.44. The molecule has 0 bridgehead atoms. The van der Waals surface area contributed by atoms with Crippen LogP contribution >= 0.6 is 12.4 Å². The van der Waals surface area contributed by atoms with Gasteiger partial charge in [-0.1, -0.05) is 48.9 Å². The van der Waals surface area contributed by atoms with Gasteiger partial charge in [0.2, 0.25) is 0 Å². The molecule has 0 radical (unpaired) electrons. The topological polar surface area (TPSA) is 37.3 Å². The van der Waals surface area contributed by atoms with E-state index in [4.69, 9.17) is 0 Å². The quantitative estimate of drug-likeness (QED) is 0.369. The first-order valence-electron chi connectivity index (χ1n) is 11.4. The number of carbonyl (C=O) groups is 1. The molecule has 0 saturated carbocycles. The monoisotopic (exact) mass is 459 g/mol. The Kier molecular flexibility index (Phi) is 7.17. The van der Waals surface area contributed by atoms with Gasteiger partial charge >= 0.3 is 0 Å². The van der Waals surface area contributed by atoms with Crippen LogP contribution in [0.5, 0.6) is 0 Å². The van der Waals surface area contributed by atoms with Crippen LogP contribution in [0.25, 0.3) is 22.0 Å². The second-order valence-electron chi connectivity index (χ2n) is 8.73. The van der Waals surface area contributed by atoms with Crippen LogP contribution in [0.1, 0.15) is 35.2 Å². The highest BCUT2D eigenvalue weighted by atomic mass is 35.5. The molecule has 0 aliphatic carbocycles. The molecule has 0 atom stereocenters. The zero-order valence-corrected chi connectivity index (χ0v) is 19.8. The van der Waals surface area contributed by atoms with E-state index in [2.05, 4.69) is 57.2 Å². The van der Waals surface area contributed by atoms with Crippen LogP contribution in [-0.4, -0.2) is 28.5 Å². The lowest BCUT2D eigenvalue weighted by Crippen LogP contribution is -2.29. The van der Waals surface area contributed by atoms with Crippen molar-refractivity contribution < 1.29 is 4.79 Å². The van der Waals surface area contributed by atoms with Crippen molar-refractivity contribution in [3.05, 3.63) is 90.1 Å². The first-order valence-corrected chi connectivity index (χ1v) is 11.4. The summed E-state index contributed by atoms with van der Waals surface area (Å²) in [5.41, 5.74) is 6.23. The minimum absolute atomic E-state index is 0. The molecule has 33 heavy (non-hydrogen) atoms. The van der Waals surface area contributed by atoms with Crippen molar-refractivity contribution >= 4 is 34.9 Å². The molecular formula is C28H30ClN3O. The molecule has 0 spiro atoms. The number of fused-ring (bicyclic) bond motifs is 1. The average Bonchev–Trinajstić information content (AvgIpc) is 3.20. The maximum absolute atomic E-state index is 13.1. The summed E-state index contributed by atoms with van der Waals surface area (Å²) >= 11 is 0. The third kappa shape index (κ3) is 5.13. The van der Waals surface area contributed by atoms with E-state index in [9.17, 15) is 4.79 Å². The van der Waals surface area contributed by atoms with Crippen LogP contribution in [0.2, 0.25) is 0 Å². The summed E-state index contributed by atoms with van der Waals surface area (Å²) in [4.78, 5) is 15.6. The van der Waals surface area contributed by atoms with Crippen molar-refractivity contribution in [1.29, 1.82) is 0 Å². The number of carbonyl (C=O) groups excluding carboxylic acids is 1. The summed E-state index contributed by atoms with van der Waals surface area (Å²) in [5, 5.41) is 4.26. The molecule has 0 unspecified atom stereocenters. The van der Waals surface area contributed by atoms with Crippen molar-refractivity contribution in [1.82, 2.24) is 9.47 Å². The molecular weight excluding hydrogens is 430 g/mol. The van der Waals surface area contributed by atoms with E-state index in [0.29, 0.717) is 5.56 Å². The molecule has 1 aromatic heterocycles. The zero-order valence-electron chi connectivity index (χ0n) is 19.0. The van der Waals surface area contributed by atoms with Crippen LogP contribution in [0.3, 0.4) is 0 Å². The van der Waals surface area contributed by atoms with Gasteiger partial charge in [0.15, 0.2) is 0 Å². The zero-order chi connectivity index (χ0) is 21.9. The Bertz CT molecular complexity index is 1240. The van der Waals surface area contributed by atoms with Gasteiger partial charge < -0.3 is 9.88 Å². The number of benzene rings is 3. The highest BCUT2D eigenvalue weighted by molar-refractivity contribution is 6.05. The van der Waals surface area contributed by atoms with Gasteiger partial charge in [0.05, 0.1) is 0 Å². The average molecular weight is 460 g/mol. The van der Waals surface area contributed by atoms with Gasteiger partial charge in [0.1, 0.15) is 0 Å². The molecule has 4 nitrogen and oxygen atoms in total. The highest BCUT2D eigenvalue weighted by Gasteiger charge is 2.16. The summed E-state index contributed by atoms with van der Waals surface area (Å²) in [5.74, 6) is -0.0712. The molecule has 2 heterocycles. The summed E-state index contributed by atoms with van der Waals surface area (Å²) in [6.07, 6.45) is 5.85. The van der Waals surface area contributed by atoms with Crippen molar-refractivity contribution in [3.63, 3.8) is 0 Å². The van der Waals surface area contributed by atoms with Gasteiger partial charge in [0, 0.05) is 36.6 Å². The Labute approximate surface area is 201 Å². The molecule has 3 aromatic carbocycles. The van der Waals surface area contributed by atoms with E-state index in [1.807, 2.05) is 43.6 Å². The van der Waals surface area contributed by atoms with E-state index in [0.717, 1.165) is 30.8 Å². The molecule has 1 fully saturated rings. The van der Waals surface area contributed by atoms with Crippen molar-refractivity contribution in [3.8, 4) is 11.1 Å². The molecule has 170 valence electrons. The maximum atomic E-state index is 13.1. The summed E-state index contributed by atoms with van der Waals surface area (Å²) in [6, 6.07) is 24.7. The Balaban J connectivity index is 0.00000259. The van der Waals surface area contributed by atoms with Crippen molar-refractivity contribution in [2.24, 2.45) is 7.05 Å². The van der Waals surface area contributed by atoms with E-state index < -0.39 is 0 Å². The third-order valence-electron chi connectivity index (χ3n) is 6.44. The Morgan fingerprint density at radius 1 is 0.909 bits per heavy atom. The molecule has 1 amide bonds. The molecule has 5 rings (SSSR count). The number of nitrogens with zero attached hydrogens (tertiary/aromatic N) is 2. The summed E-state index contributed by atoms with van der Waals surface area (Å²) in [6.45, 7) is 3.13. The maximum Gasteiger partial charge on any atom is 0.255 e. The number of hydrogen-bond acceptors (Lipinski definition) is 2. The Morgan fingerprint density at radius 3 is 2.48 bits per heavy atom. The summed E-state index contributed by atoms with van der Waals surface area (Å²) < 4.78 is 2.07. The Morgan fingerprint density at radius 2 is 1.70 bits per heavy atom. The van der Waals surface area contributed by atoms with E-state index >= 15 is 0 Å². The largest absolute Gasteiger partial charge is 0.350 e. The predicted molar refractivity (Wildman–Crippen MR) is 139 cm³/mol. The fourth-order valence-electron chi connectivity index (χ4n) is 4.67. The number of rotatable bonds is 5. The first kappa shape index (κ1) is 23.1. The van der Waals surface area contributed by atoms with E-state index in [1.165, 1.54) is 41.3 Å². The molecule has 4 aromatic rings. The number of anilines is 1. The number of aryl methyl sites for hydroxylation is 1. The second-order valence-corrected chi connectivity index (χ2v) is 8.73. The second kappa shape index (κ2) is 10.2. The number of nitrogens with one attached hydrogen (secondary N) is 1. The number of piperidine rings is 1. The van der Waals surface area contributed by atoms with Crippen molar-refractivity contribution in [2.45, 2.75) is 25.8 Å². The molecule has 1 saturated heterocycles. The number of likely N-dealkylation sites (tertiary alicyclic amines) is 1. The van der Waals surface area contributed by atoms with Gasteiger partial charge in [-0.05, 0) is 78.3 Å². The van der Waals surface area contributed by atoms with Crippen molar-refractivity contribution in [2.75, 3.05) is 18.4 Å². The predicted octanol–water partition coefficient (Wildman–Crippen LogP) is 6.51. The smallest absolute Gasteiger partial charge is 0.255 e. The highest BCUT2D eigenvalue weighted by Crippen LogP contribution is 2.28. The van der Waals surface area contributed by atoms with Crippen LogP contribution in [-0.2, 0) is 13.6 Å². The number of amides is 1. The van der Waals surface area contributed by atoms with Crippen LogP contribution in [0, 0.1) is 0 Å². The lowest BCUT2D eigenvalue weighted by Gasteiger charge is -2.27. The van der Waals surface area contributed by atoms with Gasteiger partial charge in [0.25, 0.3) is 5.91 Å². The van der Waals surface area contributed by atoms with Gasteiger partial charge in [-0.2, -0.15) is 0 Å². The van der Waals surface area contributed by atoms with Gasteiger partial charge in [-0.3, -0.25) is 9.69 Å². The fraction of sp³-hybridized carbons (Fsp3) is 0.250. The fourth-order valence-corrected chi connectivity index (χ4v) is 4.67. The SMILES string of the molecule is Cl.Cn1ccc2ccc(NC(=O)c3ccc(-c4ccccc4)c(CN4CCCCC4)c3)cc21. The minimum atomic E-state index is -0.0712. The lowest BCUT2D eigenvalue weighted by atomic mass is 9.96. The minimum Gasteiger partial charge on any atom is -0.350 e. The molecule has 1 aliphatic heterocycles. The van der Waals surface area contributed by atoms with Crippen LogP contribution in [0.4, 0.5) is 5.69 Å². The number of aromatic nitrogens is 1. The van der Waals surface area contributed by atoms with Gasteiger partial charge in [-0.15, -0.1) is 12.4 Å². The standard InChI is InChI=1S/C28H29N3O.ClH/c1-30-17-14-22-10-12-25(19-27(22)30)29-28(32)23-11-13-26(21-8-4-2-5-9-21)24(18-23)20-31-15-6-3-7-16-31;/h2,4-5,8-14,17-19H,3,6-7,15-16,20H2,1H3,(H,29,32);1H. The normalized spacial score (nSPS) is 14.1. The molecule has 1 N–H and O–H groups in total. The number of halogens is 1. The molecule has 5 heteroatoms. The van der Waals surface area contributed by atoms with E-state index in [1.54, 1.807) is 0 Å². The van der Waals surface area contributed by atoms with Crippen LogP contribution < -0.4 is 5.32 Å². The number of hydrogen-bond donors (Lipinski definition) is 1. The Hall–Kier alpha value is -3.08. The lowest BCUT2D eigenvalue weighted by molar-refractivity contribution is 0.102. The van der Waals surface area contributed by atoms with E-state index in [-0.39, 0.29) is 18.3 Å². The van der Waals surface area contributed by atoms with Gasteiger partial charge in [-0.25, -0.2) is 0 Å². The summed E-state index contributed by atoms with van der Waals surface area (Å²) in [7, 11) is 2.02. The first-order chi connectivity index (χ1) is 15.7. The van der Waals surface area contributed by atoms with Crippen LogP contribution in [0.15, 0.2) is 79.0 Å². The molecule has 1 aliphatic rings.